The van der Waals surface area contributed by atoms with Gasteiger partial charge in [-0.15, -0.1) is 0 Å². The van der Waals surface area contributed by atoms with Crippen LogP contribution in [0.25, 0.3) is 0 Å². The SMILES string of the molecule is O=C(O)C(=O)C1C(=O)CSC1=O. The number of hydrogen-bond donors (Lipinski definition) is 1. The molecule has 0 spiro atoms. The summed E-state index contributed by atoms with van der Waals surface area (Å²) in [5.74, 6) is -5.33. The maximum absolute atomic E-state index is 10.8. The summed E-state index contributed by atoms with van der Waals surface area (Å²) in [6.07, 6.45) is 0. The number of carboxylic acids is 1. The second kappa shape index (κ2) is 3.06. The first kappa shape index (κ1) is 8.92. The Morgan fingerprint density at radius 1 is 1.42 bits per heavy atom. The van der Waals surface area contributed by atoms with Gasteiger partial charge in [-0.1, -0.05) is 11.8 Å². The predicted octanol–water partition coefficient (Wildman–Crippen LogP) is -0.901. The van der Waals surface area contributed by atoms with Crippen molar-refractivity contribution in [2.75, 3.05) is 5.75 Å². The first-order chi connectivity index (χ1) is 5.54. The average Bonchev–Trinajstić information content (AvgIpc) is 2.30. The van der Waals surface area contributed by atoms with Crippen molar-refractivity contribution in [1.29, 1.82) is 0 Å². The lowest BCUT2D eigenvalue weighted by Gasteiger charge is -1.97. The van der Waals surface area contributed by atoms with Crippen LogP contribution in [0.5, 0.6) is 0 Å². The smallest absolute Gasteiger partial charge is 0.373 e. The van der Waals surface area contributed by atoms with Crippen LogP contribution in [0.1, 0.15) is 0 Å². The molecule has 1 N–H and O–H groups in total. The monoisotopic (exact) mass is 188 g/mol. The van der Waals surface area contributed by atoms with E-state index < -0.39 is 28.6 Å². The molecule has 6 heteroatoms. The highest BCUT2D eigenvalue weighted by atomic mass is 32.2. The molecule has 0 bridgehead atoms. The van der Waals surface area contributed by atoms with Crippen LogP contribution in [0.3, 0.4) is 0 Å². The third-order valence-electron chi connectivity index (χ3n) is 1.39. The number of carbonyl (C=O) groups is 4. The Morgan fingerprint density at radius 2 is 2.00 bits per heavy atom. The Hall–Kier alpha value is -1.17. The van der Waals surface area contributed by atoms with Gasteiger partial charge in [0.15, 0.2) is 11.7 Å². The van der Waals surface area contributed by atoms with Crippen LogP contribution in [0.2, 0.25) is 0 Å². The van der Waals surface area contributed by atoms with Gasteiger partial charge >= 0.3 is 5.97 Å². The van der Waals surface area contributed by atoms with E-state index in [-0.39, 0.29) is 5.75 Å². The molecule has 1 unspecified atom stereocenters. The van der Waals surface area contributed by atoms with E-state index in [9.17, 15) is 19.2 Å². The van der Waals surface area contributed by atoms with E-state index in [2.05, 4.69) is 0 Å². The molecule has 0 aromatic rings. The minimum Gasteiger partial charge on any atom is -0.475 e. The van der Waals surface area contributed by atoms with Gasteiger partial charge in [0.1, 0.15) is 0 Å². The summed E-state index contributed by atoms with van der Waals surface area (Å²) < 4.78 is 0. The summed E-state index contributed by atoms with van der Waals surface area (Å²) in [5, 5.41) is 7.55. The molecule has 64 valence electrons. The molecule has 1 fully saturated rings. The Morgan fingerprint density at radius 3 is 2.33 bits per heavy atom. The molecule has 0 saturated carbocycles. The Bertz CT molecular complexity index is 266. The number of carboxylic acid groups (broad SMARTS) is 1. The van der Waals surface area contributed by atoms with Crippen LogP contribution >= 0.6 is 11.8 Å². The highest BCUT2D eigenvalue weighted by Gasteiger charge is 2.42. The van der Waals surface area contributed by atoms with E-state index in [1.54, 1.807) is 0 Å². The molecule has 0 radical (unpaired) electrons. The van der Waals surface area contributed by atoms with Crippen molar-refractivity contribution in [1.82, 2.24) is 0 Å². The van der Waals surface area contributed by atoms with Crippen molar-refractivity contribution >= 4 is 34.4 Å². The molecule has 1 aliphatic heterocycles. The molecule has 0 aliphatic carbocycles. The number of carbonyl (C=O) groups excluding carboxylic acids is 3. The number of thioether (sulfide) groups is 1. The summed E-state index contributed by atoms with van der Waals surface area (Å²) in [6, 6.07) is 0. The van der Waals surface area contributed by atoms with E-state index in [4.69, 9.17) is 5.11 Å². The number of ketones is 2. The first-order valence-electron chi connectivity index (χ1n) is 3.00. The van der Waals surface area contributed by atoms with Gasteiger partial charge < -0.3 is 5.11 Å². The molecular formula is C6H4O5S. The summed E-state index contributed by atoms with van der Waals surface area (Å²) in [5.41, 5.74) is 0. The molecule has 1 aliphatic rings. The van der Waals surface area contributed by atoms with Crippen molar-refractivity contribution in [3.63, 3.8) is 0 Å². The molecule has 0 amide bonds. The lowest BCUT2D eigenvalue weighted by atomic mass is 10.0. The first-order valence-corrected chi connectivity index (χ1v) is 3.99. The summed E-state index contributed by atoms with van der Waals surface area (Å²) in [4.78, 5) is 42.4. The summed E-state index contributed by atoms with van der Waals surface area (Å²) >= 11 is 0.687. The van der Waals surface area contributed by atoms with Gasteiger partial charge in [-0.2, -0.15) is 0 Å². The lowest BCUT2D eigenvalue weighted by molar-refractivity contribution is -0.153. The molecule has 0 aromatic carbocycles. The third kappa shape index (κ3) is 1.38. The van der Waals surface area contributed by atoms with Crippen molar-refractivity contribution in [2.24, 2.45) is 5.92 Å². The lowest BCUT2D eigenvalue weighted by Crippen LogP contribution is -2.31. The van der Waals surface area contributed by atoms with Crippen LogP contribution < -0.4 is 0 Å². The Kier molecular flexibility index (Phi) is 2.27. The zero-order valence-corrected chi connectivity index (χ0v) is 6.59. The Labute approximate surface area is 71.1 Å². The van der Waals surface area contributed by atoms with Crippen molar-refractivity contribution < 1.29 is 24.3 Å². The molecule has 1 saturated heterocycles. The fourth-order valence-electron chi connectivity index (χ4n) is 0.817. The average molecular weight is 188 g/mol. The van der Waals surface area contributed by atoms with Gasteiger partial charge in [-0.05, 0) is 0 Å². The quantitative estimate of drug-likeness (QED) is 0.446. The van der Waals surface area contributed by atoms with E-state index in [1.807, 2.05) is 0 Å². The third-order valence-corrected chi connectivity index (χ3v) is 2.34. The van der Waals surface area contributed by atoms with Crippen LogP contribution in [0.4, 0.5) is 0 Å². The van der Waals surface area contributed by atoms with E-state index in [1.165, 1.54) is 0 Å². The largest absolute Gasteiger partial charge is 0.475 e. The van der Waals surface area contributed by atoms with E-state index in [0.717, 1.165) is 0 Å². The number of hydrogen-bond acceptors (Lipinski definition) is 5. The number of aliphatic carboxylic acids is 1. The standard InChI is InChI=1S/C6H4O5S/c7-2-1-12-6(11)3(2)4(8)5(9)10/h3H,1H2,(H,9,10). The van der Waals surface area contributed by atoms with Crippen LogP contribution in [0.15, 0.2) is 0 Å². The Balaban J connectivity index is 2.87. The fourth-order valence-corrected chi connectivity index (χ4v) is 1.67. The highest BCUT2D eigenvalue weighted by molar-refractivity contribution is 8.15. The van der Waals surface area contributed by atoms with Gasteiger partial charge in [-0.3, -0.25) is 14.4 Å². The predicted molar refractivity (Wildman–Crippen MR) is 38.6 cm³/mol. The van der Waals surface area contributed by atoms with Crippen molar-refractivity contribution in [3.05, 3.63) is 0 Å². The maximum Gasteiger partial charge on any atom is 0.373 e. The second-order valence-corrected chi connectivity index (χ2v) is 3.16. The normalized spacial score (nSPS) is 22.8. The molecule has 1 rings (SSSR count). The van der Waals surface area contributed by atoms with Crippen LogP contribution in [-0.4, -0.2) is 33.5 Å². The van der Waals surface area contributed by atoms with Crippen LogP contribution in [0, 0.1) is 5.92 Å². The minimum absolute atomic E-state index is 0.0947. The molecule has 1 atom stereocenters. The number of rotatable bonds is 2. The summed E-state index contributed by atoms with van der Waals surface area (Å²) in [7, 11) is 0. The van der Waals surface area contributed by atoms with Gasteiger partial charge in [0.25, 0.3) is 5.78 Å². The van der Waals surface area contributed by atoms with Gasteiger partial charge in [0.05, 0.1) is 5.75 Å². The molecule has 1 heterocycles. The van der Waals surface area contributed by atoms with Crippen molar-refractivity contribution in [2.45, 2.75) is 0 Å². The molecule has 0 aromatic heterocycles. The fraction of sp³-hybridized carbons (Fsp3) is 0.333. The van der Waals surface area contributed by atoms with Crippen LogP contribution in [-0.2, 0) is 19.2 Å². The van der Waals surface area contributed by atoms with E-state index in [0.29, 0.717) is 11.8 Å². The molecular weight excluding hydrogens is 184 g/mol. The zero-order chi connectivity index (χ0) is 9.30. The molecule has 12 heavy (non-hydrogen) atoms. The maximum atomic E-state index is 10.8. The van der Waals surface area contributed by atoms with Gasteiger partial charge in [0.2, 0.25) is 5.12 Å². The van der Waals surface area contributed by atoms with Crippen molar-refractivity contribution in [3.8, 4) is 0 Å². The summed E-state index contributed by atoms with van der Waals surface area (Å²) in [6.45, 7) is 0. The van der Waals surface area contributed by atoms with Gasteiger partial charge in [0, 0.05) is 0 Å². The van der Waals surface area contributed by atoms with E-state index >= 15 is 0 Å². The second-order valence-electron chi connectivity index (χ2n) is 2.18. The number of Topliss-reactive ketones (excluding diaryl/α,β-unsaturated/α-hetero) is 2. The highest BCUT2D eigenvalue weighted by Crippen LogP contribution is 2.23. The zero-order valence-electron chi connectivity index (χ0n) is 5.77. The van der Waals surface area contributed by atoms with Gasteiger partial charge in [-0.25, -0.2) is 4.79 Å². The molecule has 5 nitrogen and oxygen atoms in total. The topological polar surface area (TPSA) is 88.5 Å². The minimum atomic E-state index is -1.73.